The molecule has 0 rings (SSSR count). The van der Waals surface area contributed by atoms with Crippen molar-refractivity contribution in [1.29, 1.82) is 0 Å². The van der Waals surface area contributed by atoms with Gasteiger partial charge in [0.2, 0.25) is 0 Å². The fourth-order valence-corrected chi connectivity index (χ4v) is 0.167. The summed E-state index contributed by atoms with van der Waals surface area (Å²) in [6.45, 7) is 1.38. The molecule has 0 aromatic heterocycles. The van der Waals surface area contributed by atoms with Crippen LogP contribution in [0.5, 0.6) is 0 Å². The standard InChI is InChI=1S/C4H10O2.2ClH.K.Zn.H/c1-5-3-4-6-2;;;;;/h3-4H2,1-2H3;2*1H;;;/q;;;;+2;/p-2. The van der Waals surface area contributed by atoms with E-state index < -0.39 is 15.1 Å². The maximum absolute atomic E-state index is 4.95. The second-order valence-corrected chi connectivity index (χ2v) is 5.71. The number of rotatable bonds is 3. The summed E-state index contributed by atoms with van der Waals surface area (Å²) >= 11 is -0.931. The van der Waals surface area contributed by atoms with E-state index in [9.17, 15) is 0 Å². The van der Waals surface area contributed by atoms with Gasteiger partial charge >= 0.3 is 85.9 Å². The molecule has 56 valence electrons. The maximum atomic E-state index is 4.95. The van der Waals surface area contributed by atoms with Gasteiger partial charge in [-0.1, -0.05) is 0 Å². The van der Waals surface area contributed by atoms with Gasteiger partial charge in [0.05, 0.1) is 13.2 Å². The first-order valence-electron chi connectivity index (χ1n) is 2.43. The Hall–Kier alpha value is 2.76. The van der Waals surface area contributed by atoms with Gasteiger partial charge < -0.3 is 9.47 Å². The van der Waals surface area contributed by atoms with Crippen LogP contribution in [-0.2, 0) is 24.6 Å². The van der Waals surface area contributed by atoms with Gasteiger partial charge in [-0.3, -0.25) is 0 Å². The Balaban J connectivity index is -0.000000107. The number of hydrogen-bond acceptors (Lipinski definition) is 2. The summed E-state index contributed by atoms with van der Waals surface area (Å²) in [5, 5.41) is 0. The first-order chi connectivity index (χ1) is 4.33. The molecule has 0 N–H and O–H groups in total. The SMILES string of the molecule is COCCOC.[Cl][Zn][Cl].[KH]. The van der Waals surface area contributed by atoms with Crippen LogP contribution in [0.15, 0.2) is 0 Å². The first-order valence-corrected chi connectivity index (χ1v) is 10.2. The summed E-state index contributed by atoms with van der Waals surface area (Å²) in [6, 6.07) is 0. The fraction of sp³-hybridized carbons (Fsp3) is 1.00. The molecule has 0 aromatic carbocycles. The van der Waals surface area contributed by atoms with Gasteiger partial charge in [0, 0.05) is 14.2 Å². The van der Waals surface area contributed by atoms with E-state index in [0.29, 0.717) is 13.2 Å². The van der Waals surface area contributed by atoms with Gasteiger partial charge in [-0.15, -0.1) is 0 Å². The number of halogens is 2. The molecule has 0 unspecified atom stereocenters. The first kappa shape index (κ1) is 18.5. The Bertz CT molecular complexity index is 40.4. The van der Waals surface area contributed by atoms with Crippen LogP contribution in [-0.4, -0.2) is 78.8 Å². The molecule has 10 heavy (non-hydrogen) atoms. The van der Waals surface area contributed by atoms with Gasteiger partial charge in [0.15, 0.2) is 0 Å². The predicted molar refractivity (Wildman–Crippen MR) is 42.6 cm³/mol. The Morgan fingerprint density at radius 2 is 1.30 bits per heavy atom. The third-order valence-corrected chi connectivity index (χ3v) is 0.492. The summed E-state index contributed by atoms with van der Waals surface area (Å²) in [6.07, 6.45) is 0. The van der Waals surface area contributed by atoms with Crippen molar-refractivity contribution in [2.75, 3.05) is 27.4 Å². The summed E-state index contributed by atoms with van der Waals surface area (Å²) in [5.41, 5.74) is 0. The van der Waals surface area contributed by atoms with E-state index in [1.165, 1.54) is 0 Å². The van der Waals surface area contributed by atoms with Crippen LogP contribution in [0.3, 0.4) is 0 Å². The number of methoxy groups -OCH3 is 2. The fourth-order valence-electron chi connectivity index (χ4n) is 0.167. The zero-order chi connectivity index (χ0) is 7.54. The Morgan fingerprint density at radius 1 is 1.10 bits per heavy atom. The third kappa shape index (κ3) is 30.9. The van der Waals surface area contributed by atoms with Crippen LogP contribution >= 0.6 is 19.4 Å². The Labute approximate surface area is 120 Å². The van der Waals surface area contributed by atoms with E-state index in [1.54, 1.807) is 14.2 Å². The van der Waals surface area contributed by atoms with Crippen LogP contribution < -0.4 is 0 Å². The minimum atomic E-state index is -0.931. The molecule has 0 saturated carbocycles. The van der Waals surface area contributed by atoms with Crippen LogP contribution in [0.25, 0.3) is 0 Å². The molecule has 0 saturated heterocycles. The molecule has 2 nitrogen and oxygen atoms in total. The molecule has 6 heteroatoms. The molecule has 0 atom stereocenters. The molecule has 0 heterocycles. The second-order valence-electron chi connectivity index (χ2n) is 1.09. The minimum absolute atomic E-state index is 0. The van der Waals surface area contributed by atoms with Crippen molar-refractivity contribution < 1.29 is 24.6 Å². The number of ether oxygens (including phenoxy) is 2. The zero-order valence-electron chi connectivity index (χ0n) is 5.69. The molecular formula is C4H11Cl2KO2Zn. The van der Waals surface area contributed by atoms with Crippen molar-refractivity contribution in [2.24, 2.45) is 0 Å². The monoisotopic (exact) mass is 264 g/mol. The molecule has 0 aliphatic heterocycles. The molecule has 0 fully saturated rings. The Kier molecular flexibility index (Phi) is 41.9. The predicted octanol–water partition coefficient (Wildman–Crippen LogP) is 1.01. The van der Waals surface area contributed by atoms with Gasteiger partial charge in [-0.25, -0.2) is 0 Å². The van der Waals surface area contributed by atoms with Crippen molar-refractivity contribution in [3.8, 4) is 0 Å². The molecular weight excluding hydrogens is 255 g/mol. The van der Waals surface area contributed by atoms with Crippen LogP contribution in [0, 0.1) is 0 Å². The third-order valence-electron chi connectivity index (χ3n) is 0.492. The summed E-state index contributed by atoms with van der Waals surface area (Å²) in [7, 11) is 13.2. The number of hydrogen-bond donors (Lipinski definition) is 0. The van der Waals surface area contributed by atoms with Crippen molar-refractivity contribution in [1.82, 2.24) is 0 Å². The molecule has 0 spiro atoms. The van der Waals surface area contributed by atoms with E-state index in [4.69, 9.17) is 19.4 Å². The van der Waals surface area contributed by atoms with E-state index in [2.05, 4.69) is 9.47 Å². The molecule has 0 aromatic rings. The molecule has 0 aliphatic carbocycles. The van der Waals surface area contributed by atoms with Crippen molar-refractivity contribution in [3.05, 3.63) is 0 Å². The van der Waals surface area contributed by atoms with E-state index >= 15 is 0 Å². The van der Waals surface area contributed by atoms with Gasteiger partial charge in [-0.2, -0.15) is 0 Å². The normalized spacial score (nSPS) is 6.40. The van der Waals surface area contributed by atoms with Gasteiger partial charge in [-0.05, 0) is 0 Å². The summed E-state index contributed by atoms with van der Waals surface area (Å²) < 4.78 is 9.31. The van der Waals surface area contributed by atoms with Crippen LogP contribution in [0.1, 0.15) is 0 Å². The quantitative estimate of drug-likeness (QED) is 0.561. The Morgan fingerprint density at radius 3 is 1.40 bits per heavy atom. The second kappa shape index (κ2) is 22.6. The average Bonchev–Trinajstić information content (AvgIpc) is 1.86. The van der Waals surface area contributed by atoms with Crippen molar-refractivity contribution in [2.45, 2.75) is 0 Å². The van der Waals surface area contributed by atoms with Crippen LogP contribution in [0.2, 0.25) is 0 Å². The van der Waals surface area contributed by atoms with Crippen molar-refractivity contribution in [3.63, 3.8) is 0 Å². The zero-order valence-corrected chi connectivity index (χ0v) is 10.2. The van der Waals surface area contributed by atoms with E-state index in [1.807, 2.05) is 0 Å². The van der Waals surface area contributed by atoms with E-state index in [0.717, 1.165) is 0 Å². The summed E-state index contributed by atoms with van der Waals surface area (Å²) in [4.78, 5) is 0. The molecule has 0 amide bonds. The molecule has 0 bridgehead atoms. The average molecular weight is 267 g/mol. The van der Waals surface area contributed by atoms with E-state index in [-0.39, 0.29) is 51.4 Å². The van der Waals surface area contributed by atoms with Crippen LogP contribution in [0.4, 0.5) is 0 Å². The van der Waals surface area contributed by atoms with Crippen molar-refractivity contribution >= 4 is 70.8 Å². The molecule has 0 radical (unpaired) electrons. The summed E-state index contributed by atoms with van der Waals surface area (Å²) in [5.74, 6) is 0. The molecule has 0 aliphatic rings. The topological polar surface area (TPSA) is 18.5 Å². The van der Waals surface area contributed by atoms with Gasteiger partial charge in [0.25, 0.3) is 0 Å². The van der Waals surface area contributed by atoms with Gasteiger partial charge in [0.1, 0.15) is 0 Å².